The molecule has 11 heteroatoms. The lowest BCUT2D eigenvalue weighted by atomic mass is 9.96. The zero-order valence-corrected chi connectivity index (χ0v) is 26.7. The molecule has 42 heavy (non-hydrogen) atoms. The van der Waals surface area contributed by atoms with Crippen LogP contribution in [-0.2, 0) is 16.1 Å². The number of hydrogen-bond donors (Lipinski definition) is 0. The number of hydrogen-bond acceptors (Lipinski definition) is 7. The maximum atomic E-state index is 13.9. The van der Waals surface area contributed by atoms with E-state index in [1.807, 2.05) is 24.3 Å². The Morgan fingerprint density at radius 1 is 1.14 bits per heavy atom. The zero-order valence-electron chi connectivity index (χ0n) is 22.8. The molecule has 0 aliphatic carbocycles. The van der Waals surface area contributed by atoms with Crippen LogP contribution in [0.1, 0.15) is 36.6 Å². The summed E-state index contributed by atoms with van der Waals surface area (Å²) in [6.45, 7) is 3.93. The van der Waals surface area contributed by atoms with Crippen molar-refractivity contribution in [3.63, 3.8) is 0 Å². The van der Waals surface area contributed by atoms with Crippen LogP contribution in [0.2, 0.25) is 10.0 Å². The summed E-state index contributed by atoms with van der Waals surface area (Å²) >= 11 is 17.2. The molecule has 0 saturated heterocycles. The Hall–Kier alpha value is -3.37. The van der Waals surface area contributed by atoms with E-state index in [1.165, 1.54) is 15.9 Å². The lowest BCUT2D eigenvalue weighted by molar-refractivity contribution is -0.139. The highest BCUT2D eigenvalue weighted by Crippen LogP contribution is 2.38. The van der Waals surface area contributed by atoms with Gasteiger partial charge in [-0.1, -0.05) is 64.9 Å². The Bertz CT molecular complexity index is 1880. The molecule has 2 heterocycles. The van der Waals surface area contributed by atoms with Crippen molar-refractivity contribution in [2.45, 2.75) is 26.5 Å². The SMILES string of the molecule is CCOC(=O)C1=C(C)N=c2s/c(=C\c3cc(Br)c(OCc4ccccc4Cl)c(OC)c3)c(=O)n2C1c1ccc(Cl)cc1. The second-order valence-electron chi connectivity index (χ2n) is 9.27. The van der Waals surface area contributed by atoms with Gasteiger partial charge in [0.05, 0.1) is 40.0 Å². The standard InChI is InChI=1S/C31H25BrCl2N2O5S/c1-4-40-30(38)26-17(2)35-31-36(27(26)19-9-11-21(33)12-10-19)29(37)25(42-31)15-18-13-22(32)28(24(14-18)39-3)41-16-20-7-5-6-8-23(20)34/h5-15,27H,4,16H2,1-3H3/b25-15-. The first-order valence-corrected chi connectivity index (χ1v) is 15.3. The summed E-state index contributed by atoms with van der Waals surface area (Å²) in [6, 6.07) is 17.4. The van der Waals surface area contributed by atoms with Crippen LogP contribution < -0.4 is 24.4 Å². The van der Waals surface area contributed by atoms with Crippen LogP contribution in [0.5, 0.6) is 11.5 Å². The molecule has 4 aromatic rings. The number of rotatable bonds is 8. The van der Waals surface area contributed by atoms with Crippen LogP contribution in [0.3, 0.4) is 0 Å². The van der Waals surface area contributed by atoms with Gasteiger partial charge in [0.1, 0.15) is 6.61 Å². The van der Waals surface area contributed by atoms with Gasteiger partial charge >= 0.3 is 5.97 Å². The van der Waals surface area contributed by atoms with E-state index in [1.54, 1.807) is 63.4 Å². The number of ether oxygens (including phenoxy) is 3. The van der Waals surface area contributed by atoms with Crippen molar-refractivity contribution in [2.24, 2.45) is 4.99 Å². The van der Waals surface area contributed by atoms with E-state index in [9.17, 15) is 9.59 Å². The fourth-order valence-electron chi connectivity index (χ4n) is 4.63. The van der Waals surface area contributed by atoms with Crippen LogP contribution in [-0.4, -0.2) is 24.3 Å². The van der Waals surface area contributed by atoms with Crippen molar-refractivity contribution < 1.29 is 19.0 Å². The molecule has 1 unspecified atom stereocenters. The molecule has 0 bridgehead atoms. The van der Waals surface area contributed by atoms with Crippen molar-refractivity contribution in [3.05, 3.63) is 123 Å². The number of thiazole rings is 1. The fraction of sp³-hybridized carbons (Fsp3) is 0.194. The smallest absolute Gasteiger partial charge is 0.338 e. The minimum absolute atomic E-state index is 0.197. The van der Waals surface area contributed by atoms with Gasteiger partial charge in [0.25, 0.3) is 5.56 Å². The molecule has 1 aromatic heterocycles. The number of aromatic nitrogens is 1. The number of carbonyl (C=O) groups is 1. The molecule has 0 saturated carbocycles. The quantitative estimate of drug-likeness (QED) is 0.199. The largest absolute Gasteiger partial charge is 0.493 e. The summed E-state index contributed by atoms with van der Waals surface area (Å²) in [7, 11) is 1.55. The van der Waals surface area contributed by atoms with Gasteiger partial charge in [-0.25, -0.2) is 9.79 Å². The van der Waals surface area contributed by atoms with Gasteiger partial charge in [0.15, 0.2) is 16.3 Å². The summed E-state index contributed by atoms with van der Waals surface area (Å²) in [6.07, 6.45) is 1.76. The van der Waals surface area contributed by atoms with Crippen molar-refractivity contribution in [3.8, 4) is 11.5 Å². The number of fused-ring (bicyclic) bond motifs is 1. The molecular weight excluding hydrogens is 663 g/mol. The second-order valence-corrected chi connectivity index (χ2v) is 12.0. The summed E-state index contributed by atoms with van der Waals surface area (Å²) in [5.74, 6) is 0.470. The van der Waals surface area contributed by atoms with Crippen LogP contribution in [0.4, 0.5) is 0 Å². The van der Waals surface area contributed by atoms with E-state index < -0.39 is 12.0 Å². The van der Waals surface area contributed by atoms with E-state index >= 15 is 0 Å². The van der Waals surface area contributed by atoms with Gasteiger partial charge in [-0.15, -0.1) is 0 Å². The minimum Gasteiger partial charge on any atom is -0.493 e. The summed E-state index contributed by atoms with van der Waals surface area (Å²) in [4.78, 5) is 32.1. The van der Waals surface area contributed by atoms with Crippen LogP contribution in [0.25, 0.3) is 6.08 Å². The van der Waals surface area contributed by atoms with Gasteiger partial charge in [-0.05, 0) is 77.3 Å². The van der Waals surface area contributed by atoms with E-state index in [-0.39, 0.29) is 18.8 Å². The highest BCUT2D eigenvalue weighted by molar-refractivity contribution is 9.10. The highest BCUT2D eigenvalue weighted by Gasteiger charge is 2.33. The fourth-order valence-corrected chi connectivity index (χ4v) is 6.57. The first-order chi connectivity index (χ1) is 20.2. The monoisotopic (exact) mass is 686 g/mol. The maximum absolute atomic E-state index is 13.9. The Morgan fingerprint density at radius 2 is 1.88 bits per heavy atom. The van der Waals surface area contributed by atoms with Crippen molar-refractivity contribution in [1.29, 1.82) is 0 Å². The molecular formula is C31H25BrCl2N2O5S. The molecule has 0 amide bonds. The first kappa shape index (κ1) is 30.1. The third-order valence-corrected chi connectivity index (χ3v) is 8.77. The average Bonchev–Trinajstić information content (AvgIpc) is 3.26. The maximum Gasteiger partial charge on any atom is 0.338 e. The van der Waals surface area contributed by atoms with Crippen LogP contribution in [0.15, 0.2) is 86.2 Å². The molecule has 1 atom stereocenters. The van der Waals surface area contributed by atoms with Gasteiger partial charge < -0.3 is 14.2 Å². The summed E-state index contributed by atoms with van der Waals surface area (Å²) in [5, 5.41) is 1.15. The van der Waals surface area contributed by atoms with Gasteiger partial charge in [0.2, 0.25) is 0 Å². The Labute approximate surface area is 264 Å². The van der Waals surface area contributed by atoms with E-state index in [4.69, 9.17) is 37.4 Å². The Kier molecular flexibility index (Phi) is 9.22. The third kappa shape index (κ3) is 6.06. The number of halogens is 3. The Balaban J connectivity index is 1.58. The van der Waals surface area contributed by atoms with Crippen LogP contribution >= 0.6 is 50.5 Å². The average molecular weight is 688 g/mol. The van der Waals surface area contributed by atoms with Crippen molar-refractivity contribution in [2.75, 3.05) is 13.7 Å². The number of esters is 1. The Morgan fingerprint density at radius 3 is 2.57 bits per heavy atom. The highest BCUT2D eigenvalue weighted by atomic mass is 79.9. The number of nitrogens with zero attached hydrogens (tertiary/aromatic N) is 2. The number of allylic oxidation sites excluding steroid dienone is 1. The molecule has 1 aliphatic heterocycles. The summed E-state index contributed by atoms with van der Waals surface area (Å²) < 4.78 is 19.6. The molecule has 1 aliphatic rings. The molecule has 7 nitrogen and oxygen atoms in total. The third-order valence-electron chi connectivity index (χ3n) is 6.58. The molecule has 216 valence electrons. The lowest BCUT2D eigenvalue weighted by Gasteiger charge is -2.24. The van der Waals surface area contributed by atoms with Gasteiger partial charge in [-0.2, -0.15) is 0 Å². The molecule has 5 rings (SSSR count). The molecule has 0 fully saturated rings. The lowest BCUT2D eigenvalue weighted by Crippen LogP contribution is -2.39. The molecule has 0 spiro atoms. The number of methoxy groups -OCH3 is 1. The molecule has 0 N–H and O–H groups in total. The van der Waals surface area contributed by atoms with E-state index in [0.717, 1.165) is 5.56 Å². The normalized spacial score (nSPS) is 14.8. The van der Waals surface area contributed by atoms with E-state index in [2.05, 4.69) is 20.9 Å². The summed E-state index contributed by atoms with van der Waals surface area (Å²) in [5.41, 5.74) is 2.77. The van der Waals surface area contributed by atoms with E-state index in [0.29, 0.717) is 57.7 Å². The van der Waals surface area contributed by atoms with Crippen LogP contribution in [0, 0.1) is 0 Å². The van der Waals surface area contributed by atoms with Gasteiger partial charge in [0, 0.05) is 15.6 Å². The predicted molar refractivity (Wildman–Crippen MR) is 168 cm³/mol. The first-order valence-electron chi connectivity index (χ1n) is 12.9. The van der Waals surface area contributed by atoms with Gasteiger partial charge in [-0.3, -0.25) is 9.36 Å². The minimum atomic E-state index is -0.721. The number of carbonyl (C=O) groups excluding carboxylic acids is 1. The second kappa shape index (κ2) is 12.9. The van der Waals surface area contributed by atoms with Crippen molar-refractivity contribution in [1.82, 2.24) is 4.57 Å². The number of benzene rings is 3. The zero-order chi connectivity index (χ0) is 30.0. The topological polar surface area (TPSA) is 79.1 Å². The molecule has 3 aromatic carbocycles. The van der Waals surface area contributed by atoms with Crippen molar-refractivity contribution >= 4 is 62.5 Å². The predicted octanol–water partition coefficient (Wildman–Crippen LogP) is 6.46. The molecule has 0 radical (unpaired) electrons.